The van der Waals surface area contributed by atoms with Crippen molar-refractivity contribution < 1.29 is 28.4 Å². The molecule has 0 atom stereocenters. The second-order valence-corrected chi connectivity index (χ2v) is 12.9. The molecule has 0 bridgehead atoms. The summed E-state index contributed by atoms with van der Waals surface area (Å²) in [5.74, 6) is -1.05. The first-order chi connectivity index (χ1) is 13.8. The van der Waals surface area contributed by atoms with Crippen LogP contribution in [0.2, 0.25) is 18.1 Å². The van der Waals surface area contributed by atoms with E-state index in [0.29, 0.717) is 5.56 Å². The summed E-state index contributed by atoms with van der Waals surface area (Å²) in [5.41, 5.74) is -0.119. The van der Waals surface area contributed by atoms with Gasteiger partial charge >= 0.3 is 6.09 Å². The molecule has 0 spiro atoms. The predicted molar refractivity (Wildman–Crippen MR) is 111 cm³/mol. The Morgan fingerprint density at radius 1 is 1.30 bits per heavy atom. The Labute approximate surface area is 174 Å². The maximum atomic E-state index is 14.3. The number of anilines is 1. The third-order valence-electron chi connectivity index (χ3n) is 4.97. The van der Waals surface area contributed by atoms with Crippen LogP contribution in [0.25, 0.3) is 0 Å². The largest absolute Gasteiger partial charge is 0.465 e. The molecule has 0 radical (unpaired) electrons. The summed E-state index contributed by atoms with van der Waals surface area (Å²) in [4.78, 5) is 25.3. The van der Waals surface area contributed by atoms with Crippen LogP contribution in [0.4, 0.5) is 20.7 Å². The minimum absolute atomic E-state index is 0.000953. The van der Waals surface area contributed by atoms with Crippen molar-refractivity contribution in [3.05, 3.63) is 52.0 Å². The van der Waals surface area contributed by atoms with E-state index in [4.69, 9.17) is 14.3 Å². The summed E-state index contributed by atoms with van der Waals surface area (Å²) in [6.45, 7) is 10.2. The van der Waals surface area contributed by atoms with Crippen LogP contribution in [-0.2, 0) is 11.0 Å². The fourth-order valence-electron chi connectivity index (χ4n) is 2.19. The Hall–Kier alpha value is -3.05. The number of rotatable bonds is 7. The summed E-state index contributed by atoms with van der Waals surface area (Å²) < 4.78 is 26.1. The lowest BCUT2D eigenvalue weighted by molar-refractivity contribution is -0.385. The van der Waals surface area contributed by atoms with Gasteiger partial charge in [0.2, 0.25) is 0 Å². The van der Waals surface area contributed by atoms with Crippen molar-refractivity contribution in [2.45, 2.75) is 45.5 Å². The first-order valence-corrected chi connectivity index (χ1v) is 12.0. The van der Waals surface area contributed by atoms with Crippen molar-refractivity contribution in [2.24, 2.45) is 0 Å². The van der Waals surface area contributed by atoms with Gasteiger partial charge in [0.25, 0.3) is 5.69 Å². The molecule has 0 fully saturated rings. The number of nitro benzene ring substituents is 1. The standard InChI is InChI=1S/C19H24FN3O6Si/c1-19(2,3)30(4,5)28-11-13-15(8-9-21-17(13)22-18(24)25)29-16-7-6-12(23(26)27)10-14(16)20/h6-10H,11H2,1-5H3,(H,21,22)(H,24,25). The van der Waals surface area contributed by atoms with E-state index in [1.165, 1.54) is 12.3 Å². The average Bonchev–Trinajstić information content (AvgIpc) is 2.61. The maximum Gasteiger partial charge on any atom is 0.410 e. The Kier molecular flexibility index (Phi) is 6.78. The van der Waals surface area contributed by atoms with Gasteiger partial charge in [-0.1, -0.05) is 20.8 Å². The number of nitrogens with one attached hydrogen (secondary N) is 1. The van der Waals surface area contributed by atoms with Crippen molar-refractivity contribution in [2.75, 3.05) is 5.32 Å². The van der Waals surface area contributed by atoms with Gasteiger partial charge in [-0.15, -0.1) is 0 Å². The summed E-state index contributed by atoms with van der Waals surface area (Å²) in [5, 5.41) is 22.0. The summed E-state index contributed by atoms with van der Waals surface area (Å²) >= 11 is 0. The molecule has 0 aliphatic heterocycles. The number of carboxylic acid groups (broad SMARTS) is 1. The molecule has 0 aliphatic rings. The van der Waals surface area contributed by atoms with E-state index in [1.54, 1.807) is 0 Å². The van der Waals surface area contributed by atoms with Gasteiger partial charge in [-0.3, -0.25) is 15.4 Å². The second-order valence-electron chi connectivity index (χ2n) is 8.09. The van der Waals surface area contributed by atoms with Gasteiger partial charge in [0.1, 0.15) is 11.6 Å². The zero-order valence-electron chi connectivity index (χ0n) is 17.4. The number of hydrogen-bond acceptors (Lipinski definition) is 6. The van der Waals surface area contributed by atoms with Crippen LogP contribution in [0.1, 0.15) is 26.3 Å². The monoisotopic (exact) mass is 437 g/mol. The molecular formula is C19H24FN3O6Si. The quantitative estimate of drug-likeness (QED) is 0.331. The van der Waals surface area contributed by atoms with Crippen LogP contribution >= 0.6 is 0 Å². The van der Waals surface area contributed by atoms with E-state index in [1.807, 2.05) is 13.1 Å². The number of non-ortho nitro benzene ring substituents is 1. The highest BCUT2D eigenvalue weighted by Gasteiger charge is 2.37. The molecule has 1 amide bonds. The lowest BCUT2D eigenvalue weighted by atomic mass is 10.2. The highest BCUT2D eigenvalue weighted by molar-refractivity contribution is 6.74. The van der Waals surface area contributed by atoms with E-state index in [-0.39, 0.29) is 29.0 Å². The van der Waals surface area contributed by atoms with Crippen LogP contribution in [0.15, 0.2) is 30.5 Å². The van der Waals surface area contributed by atoms with Crippen LogP contribution in [0, 0.1) is 15.9 Å². The van der Waals surface area contributed by atoms with Crippen molar-refractivity contribution in [1.82, 2.24) is 4.98 Å². The Bertz CT molecular complexity index is 962. The molecule has 11 heteroatoms. The van der Waals surface area contributed by atoms with E-state index < -0.39 is 30.8 Å². The van der Waals surface area contributed by atoms with Gasteiger partial charge in [-0.05, 0) is 30.3 Å². The number of carbonyl (C=O) groups is 1. The highest BCUT2D eigenvalue weighted by atomic mass is 28.4. The summed E-state index contributed by atoms with van der Waals surface area (Å²) in [6, 6.07) is 4.44. The van der Waals surface area contributed by atoms with Crippen molar-refractivity contribution in [3.8, 4) is 11.5 Å². The molecule has 30 heavy (non-hydrogen) atoms. The number of nitro groups is 1. The molecule has 2 rings (SSSR count). The molecule has 9 nitrogen and oxygen atoms in total. The minimum atomic E-state index is -2.20. The van der Waals surface area contributed by atoms with E-state index >= 15 is 0 Å². The lowest BCUT2D eigenvalue weighted by Gasteiger charge is -2.36. The Balaban J connectivity index is 2.42. The Morgan fingerprint density at radius 2 is 1.97 bits per heavy atom. The zero-order valence-corrected chi connectivity index (χ0v) is 18.4. The molecule has 0 saturated heterocycles. The zero-order chi connectivity index (χ0) is 22.7. The number of benzene rings is 1. The van der Waals surface area contributed by atoms with Crippen LogP contribution in [0.5, 0.6) is 11.5 Å². The van der Waals surface area contributed by atoms with E-state index in [2.05, 4.69) is 31.1 Å². The molecule has 2 N–H and O–H groups in total. The first kappa shape index (κ1) is 23.2. The molecule has 2 aromatic rings. The maximum absolute atomic E-state index is 14.3. The van der Waals surface area contributed by atoms with Crippen LogP contribution in [-0.4, -0.2) is 29.4 Å². The number of nitrogens with zero attached hydrogens (tertiary/aromatic N) is 2. The predicted octanol–water partition coefficient (Wildman–Crippen LogP) is 5.53. The lowest BCUT2D eigenvalue weighted by Crippen LogP contribution is -2.40. The van der Waals surface area contributed by atoms with Gasteiger partial charge in [-0.25, -0.2) is 14.2 Å². The SMILES string of the molecule is CC(C)(C)[Si](C)(C)OCc1c(Oc2ccc([N+](=O)[O-])cc2F)ccnc1NC(=O)O. The number of aromatic nitrogens is 1. The number of amides is 1. The van der Waals surface area contributed by atoms with Crippen molar-refractivity contribution in [1.29, 1.82) is 0 Å². The molecule has 0 aliphatic carbocycles. The normalized spacial score (nSPS) is 11.8. The third kappa shape index (κ3) is 5.51. The molecule has 1 aromatic heterocycles. The molecule has 162 valence electrons. The summed E-state index contributed by atoms with van der Waals surface area (Å²) in [6.07, 6.45) is -0.0190. The van der Waals surface area contributed by atoms with Crippen LogP contribution < -0.4 is 10.1 Å². The molecule has 1 heterocycles. The van der Waals surface area contributed by atoms with E-state index in [0.717, 1.165) is 18.2 Å². The first-order valence-electron chi connectivity index (χ1n) is 9.05. The summed E-state index contributed by atoms with van der Waals surface area (Å²) in [7, 11) is -2.20. The minimum Gasteiger partial charge on any atom is -0.465 e. The average molecular weight is 438 g/mol. The van der Waals surface area contributed by atoms with Gasteiger partial charge in [-0.2, -0.15) is 0 Å². The van der Waals surface area contributed by atoms with Crippen molar-refractivity contribution in [3.63, 3.8) is 0 Å². The fourth-order valence-corrected chi connectivity index (χ4v) is 3.13. The Morgan fingerprint density at radius 3 is 2.50 bits per heavy atom. The number of hydrogen-bond donors (Lipinski definition) is 2. The third-order valence-corrected chi connectivity index (χ3v) is 9.45. The molecule has 0 unspecified atom stereocenters. The molecule has 0 saturated carbocycles. The van der Waals surface area contributed by atoms with Gasteiger partial charge in [0.05, 0.1) is 23.2 Å². The molecular weight excluding hydrogens is 413 g/mol. The highest BCUT2D eigenvalue weighted by Crippen LogP contribution is 2.39. The smallest absolute Gasteiger partial charge is 0.410 e. The van der Waals surface area contributed by atoms with E-state index in [9.17, 15) is 19.3 Å². The van der Waals surface area contributed by atoms with Gasteiger partial charge in [0.15, 0.2) is 19.9 Å². The number of halogens is 1. The van der Waals surface area contributed by atoms with Gasteiger partial charge in [0, 0.05) is 12.3 Å². The second kappa shape index (κ2) is 8.75. The fraction of sp³-hybridized carbons (Fsp3) is 0.368. The topological polar surface area (TPSA) is 124 Å². The van der Waals surface area contributed by atoms with Gasteiger partial charge < -0.3 is 14.3 Å². The number of pyridine rings is 1. The number of ether oxygens (including phenoxy) is 1. The van der Waals surface area contributed by atoms with Crippen LogP contribution in [0.3, 0.4) is 0 Å². The van der Waals surface area contributed by atoms with Crippen molar-refractivity contribution >= 4 is 25.9 Å². The molecule has 1 aromatic carbocycles.